The number of carbonyl (C=O) groups is 1. The largest absolute Gasteiger partial charge is 0.477 e. The molecular formula is C12H11FN2O2. The summed E-state index contributed by atoms with van der Waals surface area (Å²) in [5.41, 5.74) is 0.806. The number of aromatic carboxylic acids is 1. The lowest BCUT2D eigenvalue weighted by atomic mass is 10.2. The van der Waals surface area contributed by atoms with Gasteiger partial charge in [0.15, 0.2) is 0 Å². The van der Waals surface area contributed by atoms with Gasteiger partial charge in [-0.2, -0.15) is 0 Å². The first-order chi connectivity index (χ1) is 8.08. The number of nitrogens with zero attached hydrogens (tertiary/aromatic N) is 2. The van der Waals surface area contributed by atoms with Gasteiger partial charge in [0, 0.05) is 6.54 Å². The summed E-state index contributed by atoms with van der Waals surface area (Å²) in [4.78, 5) is 14.9. The van der Waals surface area contributed by atoms with Gasteiger partial charge in [-0.05, 0) is 24.6 Å². The Hall–Kier alpha value is -2.17. The van der Waals surface area contributed by atoms with Gasteiger partial charge in [0.05, 0.1) is 6.20 Å². The molecule has 0 aliphatic carbocycles. The van der Waals surface area contributed by atoms with Crippen LogP contribution in [0.5, 0.6) is 0 Å². The van der Waals surface area contributed by atoms with Crippen molar-refractivity contribution in [1.82, 2.24) is 9.55 Å². The highest BCUT2D eigenvalue weighted by molar-refractivity contribution is 5.85. The van der Waals surface area contributed by atoms with Gasteiger partial charge in [-0.1, -0.05) is 12.1 Å². The van der Waals surface area contributed by atoms with Gasteiger partial charge in [-0.25, -0.2) is 14.2 Å². The van der Waals surface area contributed by atoms with Crippen molar-refractivity contribution < 1.29 is 14.3 Å². The van der Waals surface area contributed by atoms with Crippen LogP contribution >= 0.6 is 0 Å². The number of benzene rings is 1. The molecule has 0 amide bonds. The normalized spacial score (nSPS) is 10.5. The second-order valence-electron chi connectivity index (χ2n) is 3.71. The van der Waals surface area contributed by atoms with Crippen molar-refractivity contribution in [2.75, 3.05) is 0 Å². The average Bonchev–Trinajstić information content (AvgIpc) is 2.61. The topological polar surface area (TPSA) is 55.1 Å². The predicted molar refractivity (Wildman–Crippen MR) is 59.4 cm³/mol. The summed E-state index contributed by atoms with van der Waals surface area (Å²) in [6.07, 6.45) is 1.30. The van der Waals surface area contributed by atoms with Crippen molar-refractivity contribution in [3.63, 3.8) is 0 Å². The Morgan fingerprint density at radius 3 is 2.94 bits per heavy atom. The molecule has 5 heteroatoms. The standard InChI is InChI=1S/C12H11FN2O2/c1-8-14-6-11(12(16)17)15(8)7-9-3-2-4-10(13)5-9/h2-6H,7H2,1H3,(H,16,17). The molecule has 4 nitrogen and oxygen atoms in total. The quantitative estimate of drug-likeness (QED) is 0.884. The van der Waals surface area contributed by atoms with Crippen molar-refractivity contribution in [3.8, 4) is 0 Å². The molecule has 1 N–H and O–H groups in total. The van der Waals surface area contributed by atoms with E-state index in [2.05, 4.69) is 4.98 Å². The van der Waals surface area contributed by atoms with E-state index in [1.807, 2.05) is 0 Å². The van der Waals surface area contributed by atoms with Gasteiger partial charge in [-0.15, -0.1) is 0 Å². The molecule has 1 aromatic heterocycles. The summed E-state index contributed by atoms with van der Waals surface area (Å²) in [5, 5.41) is 8.98. The van der Waals surface area contributed by atoms with Crippen LogP contribution in [0.3, 0.4) is 0 Å². The van der Waals surface area contributed by atoms with E-state index in [-0.39, 0.29) is 11.5 Å². The van der Waals surface area contributed by atoms with Crippen LogP contribution < -0.4 is 0 Å². The second-order valence-corrected chi connectivity index (χ2v) is 3.71. The molecule has 0 saturated carbocycles. The first kappa shape index (κ1) is 11.3. The predicted octanol–water partition coefficient (Wildman–Crippen LogP) is 2.08. The number of hydrogen-bond acceptors (Lipinski definition) is 2. The molecule has 2 rings (SSSR count). The number of rotatable bonds is 3. The lowest BCUT2D eigenvalue weighted by Crippen LogP contribution is -2.10. The van der Waals surface area contributed by atoms with Gasteiger partial charge in [0.2, 0.25) is 0 Å². The van der Waals surface area contributed by atoms with Crippen LogP contribution in [-0.2, 0) is 6.54 Å². The van der Waals surface area contributed by atoms with Crippen LogP contribution in [-0.4, -0.2) is 20.6 Å². The summed E-state index contributed by atoms with van der Waals surface area (Å²) in [6, 6.07) is 6.07. The second kappa shape index (κ2) is 4.37. The monoisotopic (exact) mass is 234 g/mol. The van der Waals surface area contributed by atoms with Gasteiger partial charge in [0.25, 0.3) is 0 Å². The van der Waals surface area contributed by atoms with Crippen LogP contribution in [0.25, 0.3) is 0 Å². The van der Waals surface area contributed by atoms with Gasteiger partial charge in [0.1, 0.15) is 17.3 Å². The molecular weight excluding hydrogens is 223 g/mol. The summed E-state index contributed by atoms with van der Waals surface area (Å²) in [6.45, 7) is 2.01. The summed E-state index contributed by atoms with van der Waals surface area (Å²) in [7, 11) is 0. The van der Waals surface area contributed by atoms with E-state index >= 15 is 0 Å². The molecule has 0 saturated heterocycles. The molecule has 0 spiro atoms. The van der Waals surface area contributed by atoms with Crippen molar-refractivity contribution in [3.05, 3.63) is 53.4 Å². The first-order valence-corrected chi connectivity index (χ1v) is 5.08. The molecule has 0 unspecified atom stereocenters. The molecule has 0 aliphatic heterocycles. The lowest BCUT2D eigenvalue weighted by Gasteiger charge is -2.07. The van der Waals surface area contributed by atoms with Crippen LogP contribution in [0.15, 0.2) is 30.5 Å². The van der Waals surface area contributed by atoms with E-state index in [0.29, 0.717) is 17.9 Å². The summed E-state index contributed by atoms with van der Waals surface area (Å²) >= 11 is 0. The third kappa shape index (κ3) is 2.33. The fraction of sp³-hybridized carbons (Fsp3) is 0.167. The number of halogens is 1. The Balaban J connectivity index is 2.36. The van der Waals surface area contributed by atoms with E-state index in [1.54, 1.807) is 19.1 Å². The minimum atomic E-state index is -1.04. The third-order valence-electron chi connectivity index (χ3n) is 2.50. The SMILES string of the molecule is Cc1ncc(C(=O)O)n1Cc1cccc(F)c1. The highest BCUT2D eigenvalue weighted by Crippen LogP contribution is 2.11. The number of imidazole rings is 1. The van der Waals surface area contributed by atoms with Crippen molar-refractivity contribution in [1.29, 1.82) is 0 Å². The highest BCUT2D eigenvalue weighted by Gasteiger charge is 2.13. The van der Waals surface area contributed by atoms with Crippen LogP contribution in [0.4, 0.5) is 4.39 Å². The number of aromatic nitrogens is 2. The van der Waals surface area contributed by atoms with Gasteiger partial charge >= 0.3 is 5.97 Å². The Morgan fingerprint density at radius 2 is 2.29 bits per heavy atom. The van der Waals surface area contributed by atoms with Crippen LogP contribution in [0, 0.1) is 12.7 Å². The first-order valence-electron chi connectivity index (χ1n) is 5.08. The zero-order valence-corrected chi connectivity index (χ0v) is 9.22. The zero-order chi connectivity index (χ0) is 12.4. The van der Waals surface area contributed by atoms with E-state index in [1.165, 1.54) is 22.9 Å². The van der Waals surface area contributed by atoms with Crippen molar-refractivity contribution >= 4 is 5.97 Å². The molecule has 0 bridgehead atoms. The number of hydrogen-bond donors (Lipinski definition) is 1. The Kier molecular flexibility index (Phi) is 2.91. The molecule has 88 valence electrons. The lowest BCUT2D eigenvalue weighted by molar-refractivity contribution is 0.0685. The maximum atomic E-state index is 13.0. The molecule has 1 aromatic carbocycles. The summed E-state index contributed by atoms with van der Waals surface area (Å²) in [5.74, 6) is -0.786. The van der Waals surface area contributed by atoms with Crippen LogP contribution in [0.2, 0.25) is 0 Å². The number of carboxylic acids is 1. The molecule has 1 heterocycles. The smallest absolute Gasteiger partial charge is 0.354 e. The van der Waals surface area contributed by atoms with Crippen LogP contribution in [0.1, 0.15) is 21.9 Å². The van der Waals surface area contributed by atoms with E-state index < -0.39 is 5.97 Å². The Labute approximate surface area is 97.3 Å². The van der Waals surface area contributed by atoms with E-state index in [0.717, 1.165) is 0 Å². The molecule has 0 aliphatic rings. The number of carboxylic acid groups (broad SMARTS) is 1. The fourth-order valence-electron chi connectivity index (χ4n) is 1.66. The fourth-order valence-corrected chi connectivity index (χ4v) is 1.66. The Morgan fingerprint density at radius 1 is 1.53 bits per heavy atom. The minimum Gasteiger partial charge on any atom is -0.477 e. The summed E-state index contributed by atoms with van der Waals surface area (Å²) < 4.78 is 14.6. The highest BCUT2D eigenvalue weighted by atomic mass is 19.1. The van der Waals surface area contributed by atoms with Gasteiger partial charge in [-0.3, -0.25) is 0 Å². The molecule has 17 heavy (non-hydrogen) atoms. The van der Waals surface area contributed by atoms with E-state index in [4.69, 9.17) is 5.11 Å². The molecule has 0 radical (unpaired) electrons. The number of aryl methyl sites for hydroxylation is 1. The Bertz CT molecular complexity index is 563. The van der Waals surface area contributed by atoms with Crippen molar-refractivity contribution in [2.24, 2.45) is 0 Å². The zero-order valence-electron chi connectivity index (χ0n) is 9.22. The van der Waals surface area contributed by atoms with E-state index in [9.17, 15) is 9.18 Å². The molecule has 0 fully saturated rings. The molecule has 0 atom stereocenters. The maximum Gasteiger partial charge on any atom is 0.354 e. The molecule has 2 aromatic rings. The van der Waals surface area contributed by atoms with Crippen molar-refractivity contribution in [2.45, 2.75) is 13.5 Å². The maximum absolute atomic E-state index is 13.0. The average molecular weight is 234 g/mol. The minimum absolute atomic E-state index is 0.103. The third-order valence-corrected chi connectivity index (χ3v) is 2.50. The van der Waals surface area contributed by atoms with Gasteiger partial charge < -0.3 is 9.67 Å².